The van der Waals surface area contributed by atoms with Crippen molar-refractivity contribution in [2.75, 3.05) is 11.5 Å². The minimum Gasteiger partial charge on any atom is -0.237 e. The highest BCUT2D eigenvalue weighted by Gasteiger charge is 2.01. The maximum atomic E-state index is 2.28. The van der Waals surface area contributed by atoms with Gasteiger partial charge in [-0.3, -0.25) is 0 Å². The molecule has 1 heterocycles. The van der Waals surface area contributed by atoms with Crippen molar-refractivity contribution in [2.45, 2.75) is 39.8 Å². The molecule has 0 radical (unpaired) electrons. The van der Waals surface area contributed by atoms with Crippen LogP contribution in [0.25, 0.3) is 0 Å². The minimum atomic E-state index is 1.13. The summed E-state index contributed by atoms with van der Waals surface area (Å²) in [5.74, 6) is 2.52. The Labute approximate surface area is 91.3 Å². The van der Waals surface area contributed by atoms with Crippen molar-refractivity contribution < 1.29 is 4.57 Å². The lowest BCUT2D eigenvalue weighted by Gasteiger charge is -1.96. The van der Waals surface area contributed by atoms with E-state index in [2.05, 4.69) is 41.7 Å². The average molecular weight is 213 g/mol. The van der Waals surface area contributed by atoms with Gasteiger partial charge in [-0.25, -0.2) is 9.13 Å². The Bertz CT molecular complexity index is 245. The number of rotatable bonds is 7. The Morgan fingerprint density at radius 2 is 2.07 bits per heavy atom. The second-order valence-corrected chi connectivity index (χ2v) is 4.73. The normalized spacial score (nSPS) is 10.7. The predicted molar refractivity (Wildman–Crippen MR) is 62.5 cm³/mol. The third kappa shape index (κ3) is 4.18. The molecule has 0 atom stereocenters. The van der Waals surface area contributed by atoms with E-state index in [9.17, 15) is 0 Å². The van der Waals surface area contributed by atoms with Gasteiger partial charge in [0.05, 0.1) is 13.1 Å². The number of thioether (sulfide) groups is 1. The summed E-state index contributed by atoms with van der Waals surface area (Å²) >= 11 is 2.04. The van der Waals surface area contributed by atoms with E-state index in [0.29, 0.717) is 0 Å². The smallest absolute Gasteiger partial charge is 0.237 e. The lowest BCUT2D eigenvalue weighted by atomic mass is 10.5. The zero-order valence-corrected chi connectivity index (χ0v) is 10.1. The summed E-state index contributed by atoms with van der Waals surface area (Å²) in [6.45, 7) is 6.72. The van der Waals surface area contributed by atoms with Crippen LogP contribution in [0.2, 0.25) is 0 Å². The second-order valence-electron chi connectivity index (χ2n) is 3.50. The number of imidazole rings is 1. The van der Waals surface area contributed by atoms with Crippen molar-refractivity contribution in [2.24, 2.45) is 0 Å². The molecule has 0 saturated carbocycles. The Morgan fingerprint density at radius 1 is 1.21 bits per heavy atom. The fourth-order valence-corrected chi connectivity index (χ4v) is 2.21. The van der Waals surface area contributed by atoms with Crippen LogP contribution in [-0.4, -0.2) is 16.1 Å². The number of hydrogen-bond acceptors (Lipinski definition) is 1. The van der Waals surface area contributed by atoms with Crippen LogP contribution in [0.5, 0.6) is 0 Å². The molecular formula is C11H21N2S+. The number of aromatic nitrogens is 2. The Morgan fingerprint density at radius 3 is 2.79 bits per heavy atom. The van der Waals surface area contributed by atoms with Gasteiger partial charge in [0.15, 0.2) is 0 Å². The average Bonchev–Trinajstić information content (AvgIpc) is 2.61. The van der Waals surface area contributed by atoms with Gasteiger partial charge in [0.1, 0.15) is 12.4 Å². The summed E-state index contributed by atoms with van der Waals surface area (Å²) < 4.78 is 4.53. The van der Waals surface area contributed by atoms with Crippen LogP contribution in [0.15, 0.2) is 18.7 Å². The molecule has 0 aromatic carbocycles. The van der Waals surface area contributed by atoms with Crippen molar-refractivity contribution in [1.82, 2.24) is 4.57 Å². The zero-order chi connectivity index (χ0) is 10.2. The van der Waals surface area contributed by atoms with Gasteiger partial charge in [-0.1, -0.05) is 13.8 Å². The fourth-order valence-electron chi connectivity index (χ4n) is 1.38. The first kappa shape index (κ1) is 11.6. The van der Waals surface area contributed by atoms with Crippen LogP contribution in [0.1, 0.15) is 26.7 Å². The van der Waals surface area contributed by atoms with E-state index in [1.165, 1.54) is 24.3 Å². The van der Waals surface area contributed by atoms with Crippen LogP contribution in [0.3, 0.4) is 0 Å². The molecule has 0 amide bonds. The largest absolute Gasteiger partial charge is 0.243 e. The quantitative estimate of drug-likeness (QED) is 0.499. The molecule has 0 spiro atoms. The maximum absolute atomic E-state index is 2.28. The van der Waals surface area contributed by atoms with E-state index in [4.69, 9.17) is 0 Å². The molecule has 0 aliphatic rings. The molecule has 0 unspecified atom stereocenters. The van der Waals surface area contributed by atoms with Crippen LogP contribution >= 0.6 is 11.8 Å². The highest BCUT2D eigenvalue weighted by Crippen LogP contribution is 2.02. The molecule has 2 nitrogen and oxygen atoms in total. The summed E-state index contributed by atoms with van der Waals surface area (Å²) in [6.07, 6.45) is 9.03. The van der Waals surface area contributed by atoms with Crippen molar-refractivity contribution in [1.29, 1.82) is 0 Å². The molecule has 0 fully saturated rings. The van der Waals surface area contributed by atoms with Crippen LogP contribution in [-0.2, 0) is 13.1 Å². The van der Waals surface area contributed by atoms with E-state index in [-0.39, 0.29) is 0 Å². The van der Waals surface area contributed by atoms with Gasteiger partial charge in [-0.05, 0) is 18.6 Å². The van der Waals surface area contributed by atoms with Crippen molar-refractivity contribution >= 4 is 11.8 Å². The van der Waals surface area contributed by atoms with E-state index in [0.717, 1.165) is 13.1 Å². The third-order valence-electron chi connectivity index (χ3n) is 2.07. The monoisotopic (exact) mass is 213 g/mol. The second kappa shape index (κ2) is 6.93. The molecule has 3 heteroatoms. The SMILES string of the molecule is CCCSCCn1cc[n+](CCC)c1. The highest BCUT2D eigenvalue weighted by molar-refractivity contribution is 7.99. The van der Waals surface area contributed by atoms with Gasteiger partial charge in [0.2, 0.25) is 6.33 Å². The lowest BCUT2D eigenvalue weighted by molar-refractivity contribution is -0.696. The minimum absolute atomic E-state index is 1.13. The van der Waals surface area contributed by atoms with Crippen molar-refractivity contribution in [3.8, 4) is 0 Å². The molecule has 14 heavy (non-hydrogen) atoms. The summed E-state index contributed by atoms with van der Waals surface area (Å²) in [7, 11) is 0. The first-order chi connectivity index (χ1) is 6.86. The molecule has 0 aliphatic heterocycles. The van der Waals surface area contributed by atoms with Gasteiger partial charge in [0, 0.05) is 5.75 Å². The molecule has 80 valence electrons. The Kier molecular flexibility index (Phi) is 5.76. The van der Waals surface area contributed by atoms with Crippen LogP contribution in [0, 0.1) is 0 Å². The standard InChI is InChI=1S/C11H21N2S/c1-3-5-12-6-7-13(11-12)8-10-14-9-4-2/h6-7,11H,3-5,8-10H2,1-2H3/q+1. The number of aryl methyl sites for hydroxylation is 2. The molecule has 1 rings (SSSR count). The first-order valence-corrected chi connectivity index (χ1v) is 6.64. The van der Waals surface area contributed by atoms with E-state index < -0.39 is 0 Å². The summed E-state index contributed by atoms with van der Waals surface area (Å²) in [4.78, 5) is 0. The first-order valence-electron chi connectivity index (χ1n) is 5.49. The maximum Gasteiger partial charge on any atom is 0.243 e. The summed E-state index contributed by atoms with van der Waals surface area (Å²) in [5.41, 5.74) is 0. The van der Waals surface area contributed by atoms with E-state index in [1.807, 2.05) is 11.8 Å². The van der Waals surface area contributed by atoms with Crippen molar-refractivity contribution in [3.63, 3.8) is 0 Å². The zero-order valence-electron chi connectivity index (χ0n) is 9.28. The van der Waals surface area contributed by atoms with Crippen molar-refractivity contribution in [3.05, 3.63) is 18.7 Å². The molecule has 0 aliphatic carbocycles. The molecule has 1 aromatic heterocycles. The lowest BCUT2D eigenvalue weighted by Crippen LogP contribution is -2.30. The predicted octanol–water partition coefficient (Wildman–Crippen LogP) is 2.33. The van der Waals surface area contributed by atoms with Gasteiger partial charge >= 0.3 is 0 Å². The van der Waals surface area contributed by atoms with E-state index >= 15 is 0 Å². The molecule has 1 aromatic rings. The molecule has 0 N–H and O–H groups in total. The third-order valence-corrected chi connectivity index (χ3v) is 3.24. The summed E-state index contributed by atoms with van der Waals surface area (Å²) in [6, 6.07) is 0. The molecular weight excluding hydrogens is 192 g/mol. The molecule has 0 bridgehead atoms. The fraction of sp³-hybridized carbons (Fsp3) is 0.727. The van der Waals surface area contributed by atoms with Crippen LogP contribution < -0.4 is 4.57 Å². The molecule has 0 saturated heterocycles. The van der Waals surface area contributed by atoms with Crippen LogP contribution in [0.4, 0.5) is 0 Å². The van der Waals surface area contributed by atoms with Gasteiger partial charge < -0.3 is 0 Å². The Hall–Kier alpha value is -0.440. The number of nitrogens with zero attached hydrogens (tertiary/aromatic N) is 2. The topological polar surface area (TPSA) is 8.81 Å². The van der Waals surface area contributed by atoms with E-state index in [1.54, 1.807) is 0 Å². The van der Waals surface area contributed by atoms with Gasteiger partial charge in [-0.2, -0.15) is 11.8 Å². The van der Waals surface area contributed by atoms with Gasteiger partial charge in [0.25, 0.3) is 0 Å². The van der Waals surface area contributed by atoms with Gasteiger partial charge in [-0.15, -0.1) is 0 Å². The number of hydrogen-bond donors (Lipinski definition) is 0. The highest BCUT2D eigenvalue weighted by atomic mass is 32.2. The summed E-state index contributed by atoms with van der Waals surface area (Å²) in [5, 5.41) is 0. The Balaban J connectivity index is 2.22.